The summed E-state index contributed by atoms with van der Waals surface area (Å²) < 4.78 is 0.924. The average molecular weight is 328 g/mol. The Bertz CT molecular complexity index is 445. The van der Waals surface area contributed by atoms with Gasteiger partial charge in [0.2, 0.25) is 0 Å². The molecular formula is C13H22BrN5. The number of hydrogen-bond donors (Lipinski definition) is 1. The summed E-state index contributed by atoms with van der Waals surface area (Å²) in [5, 5.41) is 3.07. The normalized spacial score (nSPS) is 17.2. The van der Waals surface area contributed by atoms with E-state index in [2.05, 4.69) is 62.2 Å². The fraction of sp³-hybridized carbons (Fsp3) is 0.692. The molecule has 1 fully saturated rings. The zero-order valence-corrected chi connectivity index (χ0v) is 13.7. The van der Waals surface area contributed by atoms with Crippen LogP contribution in [0.3, 0.4) is 0 Å². The lowest BCUT2D eigenvalue weighted by Crippen LogP contribution is -2.56. The van der Waals surface area contributed by atoms with Gasteiger partial charge < -0.3 is 15.1 Å². The first-order valence-electron chi connectivity index (χ1n) is 6.57. The van der Waals surface area contributed by atoms with Crippen molar-refractivity contribution in [2.45, 2.75) is 24.8 Å². The lowest BCUT2D eigenvalue weighted by atomic mass is 9.75. The van der Waals surface area contributed by atoms with E-state index >= 15 is 0 Å². The maximum absolute atomic E-state index is 4.40. The van der Waals surface area contributed by atoms with Crippen molar-refractivity contribution in [1.29, 1.82) is 0 Å². The van der Waals surface area contributed by atoms with Crippen molar-refractivity contribution < 1.29 is 0 Å². The first-order valence-corrected chi connectivity index (χ1v) is 7.36. The van der Waals surface area contributed by atoms with Crippen molar-refractivity contribution in [3.8, 4) is 0 Å². The molecule has 1 aromatic heterocycles. The molecule has 1 heterocycles. The van der Waals surface area contributed by atoms with Crippen LogP contribution in [0.25, 0.3) is 0 Å². The van der Waals surface area contributed by atoms with Crippen molar-refractivity contribution in [1.82, 2.24) is 14.9 Å². The fourth-order valence-electron chi connectivity index (χ4n) is 2.65. The van der Waals surface area contributed by atoms with Crippen molar-refractivity contribution in [2.24, 2.45) is 0 Å². The number of aromatic nitrogens is 2. The number of halogens is 1. The minimum Gasteiger partial charge on any atom is -0.372 e. The highest BCUT2D eigenvalue weighted by molar-refractivity contribution is 9.10. The predicted molar refractivity (Wildman–Crippen MR) is 82.8 cm³/mol. The maximum Gasteiger partial charge on any atom is 0.148 e. The second-order valence-corrected chi connectivity index (χ2v) is 6.23. The third kappa shape index (κ3) is 2.69. The minimum atomic E-state index is 0.291. The molecule has 1 aromatic rings. The van der Waals surface area contributed by atoms with Gasteiger partial charge in [-0.1, -0.05) is 0 Å². The van der Waals surface area contributed by atoms with Crippen molar-refractivity contribution in [3.63, 3.8) is 0 Å². The van der Waals surface area contributed by atoms with E-state index in [0.717, 1.165) is 22.7 Å². The third-order valence-corrected chi connectivity index (χ3v) is 4.86. The van der Waals surface area contributed by atoms with E-state index in [9.17, 15) is 0 Å². The molecule has 0 saturated heterocycles. The number of nitrogens with one attached hydrogen (secondary N) is 1. The Morgan fingerprint density at radius 2 is 2.00 bits per heavy atom. The number of likely N-dealkylation sites (N-methyl/N-ethyl adjacent to an activating group) is 2. The van der Waals surface area contributed by atoms with Gasteiger partial charge in [-0.2, -0.15) is 0 Å². The Balaban J connectivity index is 2.18. The van der Waals surface area contributed by atoms with Crippen molar-refractivity contribution in [3.05, 3.63) is 10.8 Å². The molecule has 0 unspecified atom stereocenters. The fourth-order valence-corrected chi connectivity index (χ4v) is 3.35. The quantitative estimate of drug-likeness (QED) is 0.898. The molecule has 0 amide bonds. The van der Waals surface area contributed by atoms with Gasteiger partial charge in [0, 0.05) is 26.2 Å². The second-order valence-electron chi connectivity index (χ2n) is 5.44. The summed E-state index contributed by atoms with van der Waals surface area (Å²) in [6, 6.07) is 0. The Hall–Kier alpha value is -0.880. The van der Waals surface area contributed by atoms with Crippen LogP contribution >= 0.6 is 15.9 Å². The molecule has 0 aromatic carbocycles. The van der Waals surface area contributed by atoms with Crippen LogP contribution in [0.2, 0.25) is 0 Å². The number of anilines is 2. The molecule has 0 aliphatic heterocycles. The molecule has 19 heavy (non-hydrogen) atoms. The van der Waals surface area contributed by atoms with Gasteiger partial charge in [-0.15, -0.1) is 0 Å². The van der Waals surface area contributed by atoms with Gasteiger partial charge in [0.25, 0.3) is 0 Å². The first-order chi connectivity index (χ1) is 9.00. The molecule has 1 saturated carbocycles. The monoisotopic (exact) mass is 327 g/mol. The molecule has 0 bridgehead atoms. The van der Waals surface area contributed by atoms with Crippen LogP contribution in [-0.2, 0) is 0 Å². The lowest BCUT2D eigenvalue weighted by molar-refractivity contribution is 0.0681. The standard InChI is InChI=1S/C13H22BrN5/c1-15-11-10(14)12(17-9-16-11)19(4)8-13(18(2)3)6-5-7-13/h9H,5-8H2,1-4H3,(H,15,16,17). The van der Waals surface area contributed by atoms with Crippen LogP contribution in [0.15, 0.2) is 10.8 Å². The van der Waals surface area contributed by atoms with E-state index < -0.39 is 0 Å². The van der Waals surface area contributed by atoms with Crippen LogP contribution in [0.4, 0.5) is 11.6 Å². The van der Waals surface area contributed by atoms with Crippen LogP contribution in [-0.4, -0.2) is 55.1 Å². The molecular weight excluding hydrogens is 306 g/mol. The summed E-state index contributed by atoms with van der Waals surface area (Å²) in [6.07, 6.45) is 5.43. The number of rotatable bonds is 5. The zero-order valence-electron chi connectivity index (χ0n) is 12.1. The van der Waals surface area contributed by atoms with E-state index in [-0.39, 0.29) is 0 Å². The molecule has 6 heteroatoms. The first kappa shape index (κ1) is 14.5. The topological polar surface area (TPSA) is 44.3 Å². The summed E-state index contributed by atoms with van der Waals surface area (Å²) >= 11 is 3.58. The van der Waals surface area contributed by atoms with Gasteiger partial charge in [0.15, 0.2) is 0 Å². The van der Waals surface area contributed by atoms with Gasteiger partial charge in [-0.25, -0.2) is 9.97 Å². The van der Waals surface area contributed by atoms with Crippen LogP contribution < -0.4 is 10.2 Å². The summed E-state index contributed by atoms with van der Waals surface area (Å²) in [5.41, 5.74) is 0.291. The third-order valence-electron chi connectivity index (χ3n) is 4.13. The Morgan fingerprint density at radius 3 is 2.47 bits per heavy atom. The minimum absolute atomic E-state index is 0.291. The predicted octanol–water partition coefficient (Wildman–Crippen LogP) is 2.20. The average Bonchev–Trinajstić information content (AvgIpc) is 2.33. The van der Waals surface area contributed by atoms with E-state index in [1.807, 2.05) is 7.05 Å². The van der Waals surface area contributed by atoms with E-state index in [4.69, 9.17) is 0 Å². The highest BCUT2D eigenvalue weighted by Crippen LogP contribution is 2.38. The molecule has 0 spiro atoms. The summed E-state index contributed by atoms with van der Waals surface area (Å²) in [4.78, 5) is 13.2. The second kappa shape index (κ2) is 5.63. The van der Waals surface area contributed by atoms with E-state index in [1.165, 1.54) is 19.3 Å². The van der Waals surface area contributed by atoms with Gasteiger partial charge >= 0.3 is 0 Å². The van der Waals surface area contributed by atoms with Gasteiger partial charge in [-0.05, 0) is 49.3 Å². The van der Waals surface area contributed by atoms with Crippen LogP contribution in [0.1, 0.15) is 19.3 Å². The molecule has 1 N–H and O–H groups in total. The number of hydrogen-bond acceptors (Lipinski definition) is 5. The molecule has 1 aliphatic rings. The number of nitrogens with zero attached hydrogens (tertiary/aromatic N) is 4. The highest BCUT2D eigenvalue weighted by atomic mass is 79.9. The Morgan fingerprint density at radius 1 is 1.32 bits per heavy atom. The van der Waals surface area contributed by atoms with Gasteiger partial charge in [0.05, 0.1) is 0 Å². The highest BCUT2D eigenvalue weighted by Gasteiger charge is 2.40. The molecule has 0 atom stereocenters. The van der Waals surface area contributed by atoms with E-state index in [0.29, 0.717) is 5.54 Å². The molecule has 2 rings (SSSR count). The Kier molecular flexibility index (Phi) is 4.30. The molecule has 5 nitrogen and oxygen atoms in total. The van der Waals surface area contributed by atoms with Crippen molar-refractivity contribution >= 4 is 27.6 Å². The molecule has 1 aliphatic carbocycles. The molecule has 106 valence electrons. The van der Waals surface area contributed by atoms with Crippen molar-refractivity contribution in [2.75, 3.05) is 45.0 Å². The summed E-state index contributed by atoms with van der Waals surface area (Å²) in [7, 11) is 8.29. The SMILES string of the molecule is CNc1ncnc(N(C)CC2(N(C)C)CCC2)c1Br. The smallest absolute Gasteiger partial charge is 0.148 e. The summed E-state index contributed by atoms with van der Waals surface area (Å²) in [5.74, 6) is 1.76. The van der Waals surface area contributed by atoms with Gasteiger partial charge in [0.1, 0.15) is 22.4 Å². The summed E-state index contributed by atoms with van der Waals surface area (Å²) in [6.45, 7) is 0.985. The largest absolute Gasteiger partial charge is 0.372 e. The lowest BCUT2D eigenvalue weighted by Gasteiger charge is -2.49. The Labute approximate surface area is 123 Å². The maximum atomic E-state index is 4.40. The molecule has 0 radical (unpaired) electrons. The zero-order chi connectivity index (χ0) is 14.0. The van der Waals surface area contributed by atoms with Crippen LogP contribution in [0, 0.1) is 0 Å². The van der Waals surface area contributed by atoms with E-state index in [1.54, 1.807) is 6.33 Å². The van der Waals surface area contributed by atoms with Crippen LogP contribution in [0.5, 0.6) is 0 Å². The van der Waals surface area contributed by atoms with Gasteiger partial charge in [-0.3, -0.25) is 0 Å².